The second kappa shape index (κ2) is 7.39. The molecular weight excluding hydrogens is 360 g/mol. The molecule has 25 heavy (non-hydrogen) atoms. The van der Waals surface area contributed by atoms with Gasteiger partial charge >= 0.3 is 0 Å². The third-order valence-electron chi connectivity index (χ3n) is 3.88. The molecule has 7 heteroatoms. The predicted molar refractivity (Wildman–Crippen MR) is 98.0 cm³/mol. The number of hydrogen-bond donors (Lipinski definition) is 2. The SMILES string of the molecule is Cc1ccsc1C(O)CNC(=O)c1c(-c2ccccc2Cl)noc1C. The smallest absolute Gasteiger partial charge is 0.257 e. The molecule has 130 valence electrons. The summed E-state index contributed by atoms with van der Waals surface area (Å²) in [6.07, 6.45) is -0.757. The number of carbonyl (C=O) groups excluding carboxylic acids is 1. The third kappa shape index (κ3) is 3.61. The number of hydrogen-bond acceptors (Lipinski definition) is 5. The van der Waals surface area contributed by atoms with E-state index in [-0.39, 0.29) is 12.5 Å². The molecule has 0 aliphatic carbocycles. The summed E-state index contributed by atoms with van der Waals surface area (Å²) < 4.78 is 5.19. The van der Waals surface area contributed by atoms with Crippen LogP contribution in [-0.4, -0.2) is 22.7 Å². The fourth-order valence-electron chi connectivity index (χ4n) is 2.57. The first-order valence-electron chi connectivity index (χ1n) is 7.70. The monoisotopic (exact) mass is 376 g/mol. The fourth-order valence-corrected chi connectivity index (χ4v) is 3.71. The molecule has 5 nitrogen and oxygen atoms in total. The van der Waals surface area contributed by atoms with E-state index < -0.39 is 6.10 Å². The Hall–Kier alpha value is -2.15. The Morgan fingerprint density at radius 1 is 1.36 bits per heavy atom. The van der Waals surface area contributed by atoms with Crippen LogP contribution in [0.5, 0.6) is 0 Å². The summed E-state index contributed by atoms with van der Waals surface area (Å²) in [5.41, 5.74) is 2.34. The third-order valence-corrected chi connectivity index (χ3v) is 5.33. The summed E-state index contributed by atoms with van der Waals surface area (Å²) in [5, 5.41) is 19.4. The van der Waals surface area contributed by atoms with E-state index in [1.165, 1.54) is 11.3 Å². The van der Waals surface area contributed by atoms with Crippen LogP contribution in [0.3, 0.4) is 0 Å². The van der Waals surface area contributed by atoms with E-state index in [1.54, 1.807) is 25.1 Å². The first kappa shape index (κ1) is 17.7. The zero-order valence-corrected chi connectivity index (χ0v) is 15.3. The maximum absolute atomic E-state index is 12.6. The second-order valence-corrected chi connectivity index (χ2v) is 6.99. The van der Waals surface area contributed by atoms with Crippen LogP contribution in [0, 0.1) is 13.8 Å². The van der Waals surface area contributed by atoms with Crippen LogP contribution in [0.4, 0.5) is 0 Å². The van der Waals surface area contributed by atoms with Crippen molar-refractivity contribution in [2.45, 2.75) is 20.0 Å². The number of benzene rings is 1. The maximum atomic E-state index is 12.6. The normalized spacial score (nSPS) is 12.2. The average molecular weight is 377 g/mol. The largest absolute Gasteiger partial charge is 0.386 e. The minimum Gasteiger partial charge on any atom is -0.386 e. The lowest BCUT2D eigenvalue weighted by Gasteiger charge is -2.12. The molecule has 0 aliphatic rings. The predicted octanol–water partition coefficient (Wildman–Crippen LogP) is 4.14. The van der Waals surface area contributed by atoms with E-state index in [9.17, 15) is 9.90 Å². The van der Waals surface area contributed by atoms with Crippen molar-refractivity contribution >= 4 is 28.8 Å². The van der Waals surface area contributed by atoms with Gasteiger partial charge in [-0.05, 0) is 36.9 Å². The van der Waals surface area contributed by atoms with Crippen LogP contribution in [0.15, 0.2) is 40.2 Å². The number of thiophene rings is 1. The molecule has 2 heterocycles. The first-order valence-corrected chi connectivity index (χ1v) is 8.96. The summed E-state index contributed by atoms with van der Waals surface area (Å²) in [4.78, 5) is 13.5. The molecule has 3 rings (SSSR count). The van der Waals surface area contributed by atoms with Gasteiger partial charge in [0.2, 0.25) is 0 Å². The highest BCUT2D eigenvalue weighted by molar-refractivity contribution is 7.10. The molecule has 0 saturated carbocycles. The molecule has 0 aliphatic heterocycles. The summed E-state index contributed by atoms with van der Waals surface area (Å²) in [5.74, 6) is 0.0381. The molecule has 1 aromatic carbocycles. The topological polar surface area (TPSA) is 75.4 Å². The molecule has 1 unspecified atom stereocenters. The number of aliphatic hydroxyl groups is 1. The maximum Gasteiger partial charge on any atom is 0.257 e. The van der Waals surface area contributed by atoms with Crippen LogP contribution < -0.4 is 5.32 Å². The summed E-state index contributed by atoms with van der Waals surface area (Å²) >= 11 is 7.67. The molecule has 3 aromatic rings. The Bertz CT molecular complexity index is 903. The van der Waals surface area contributed by atoms with E-state index in [2.05, 4.69) is 10.5 Å². The minimum absolute atomic E-state index is 0.104. The van der Waals surface area contributed by atoms with E-state index in [0.29, 0.717) is 27.6 Å². The zero-order valence-electron chi connectivity index (χ0n) is 13.7. The number of carbonyl (C=O) groups is 1. The standard InChI is InChI=1S/C18H17ClN2O3S/c1-10-7-8-25-17(10)14(22)9-20-18(23)15-11(2)24-21-16(15)12-5-3-4-6-13(12)19/h3-8,14,22H,9H2,1-2H3,(H,20,23). The summed E-state index contributed by atoms with van der Waals surface area (Å²) in [6, 6.07) is 9.06. The number of halogens is 1. The van der Waals surface area contributed by atoms with Gasteiger partial charge in [0, 0.05) is 17.0 Å². The number of nitrogens with one attached hydrogen (secondary N) is 1. The Labute approximate surface area is 154 Å². The molecule has 1 amide bonds. The van der Waals surface area contributed by atoms with Gasteiger partial charge in [0.05, 0.1) is 5.02 Å². The van der Waals surface area contributed by atoms with Gasteiger partial charge in [0.1, 0.15) is 23.1 Å². The highest BCUT2D eigenvalue weighted by Gasteiger charge is 2.23. The average Bonchev–Trinajstić information content (AvgIpc) is 3.18. The first-order chi connectivity index (χ1) is 12.0. The highest BCUT2D eigenvalue weighted by Crippen LogP contribution is 2.31. The van der Waals surface area contributed by atoms with Crippen LogP contribution >= 0.6 is 22.9 Å². The van der Waals surface area contributed by atoms with Gasteiger partial charge in [0.15, 0.2) is 0 Å². The van der Waals surface area contributed by atoms with Crippen LogP contribution in [0.2, 0.25) is 5.02 Å². The van der Waals surface area contributed by atoms with Crippen molar-refractivity contribution in [1.29, 1.82) is 0 Å². The van der Waals surface area contributed by atoms with Crippen molar-refractivity contribution in [3.05, 3.63) is 62.5 Å². The van der Waals surface area contributed by atoms with Gasteiger partial charge in [-0.15, -0.1) is 11.3 Å². The Morgan fingerprint density at radius 2 is 2.12 bits per heavy atom. The molecule has 1 atom stereocenters. The van der Waals surface area contributed by atoms with Gasteiger partial charge in [-0.1, -0.05) is 35.0 Å². The summed E-state index contributed by atoms with van der Waals surface area (Å²) in [7, 11) is 0. The molecule has 0 radical (unpaired) electrons. The zero-order chi connectivity index (χ0) is 18.0. The lowest BCUT2D eigenvalue weighted by molar-refractivity contribution is 0.0916. The number of rotatable bonds is 5. The van der Waals surface area contributed by atoms with Crippen molar-refractivity contribution in [2.24, 2.45) is 0 Å². The minimum atomic E-state index is -0.757. The van der Waals surface area contributed by atoms with Gasteiger partial charge < -0.3 is 14.9 Å². The summed E-state index contributed by atoms with van der Waals surface area (Å²) in [6.45, 7) is 3.70. The van der Waals surface area contributed by atoms with E-state index in [0.717, 1.165) is 10.4 Å². The van der Waals surface area contributed by atoms with Crippen LogP contribution in [0.25, 0.3) is 11.3 Å². The quantitative estimate of drug-likeness (QED) is 0.701. The fraction of sp³-hybridized carbons (Fsp3) is 0.222. The molecule has 0 spiro atoms. The van der Waals surface area contributed by atoms with Gasteiger partial charge in [0.25, 0.3) is 5.91 Å². The lowest BCUT2D eigenvalue weighted by atomic mass is 10.1. The molecular formula is C18H17ClN2O3S. The molecule has 2 N–H and O–H groups in total. The van der Waals surface area contributed by atoms with Crippen molar-refractivity contribution in [2.75, 3.05) is 6.54 Å². The van der Waals surface area contributed by atoms with Crippen molar-refractivity contribution in [3.63, 3.8) is 0 Å². The van der Waals surface area contributed by atoms with Crippen LogP contribution in [0.1, 0.15) is 32.7 Å². The second-order valence-electron chi connectivity index (χ2n) is 5.64. The van der Waals surface area contributed by atoms with Crippen LogP contribution in [-0.2, 0) is 0 Å². The van der Waals surface area contributed by atoms with E-state index in [1.807, 2.05) is 24.4 Å². The number of amides is 1. The van der Waals surface area contributed by atoms with Gasteiger partial charge in [-0.25, -0.2) is 0 Å². The van der Waals surface area contributed by atoms with Crippen molar-refractivity contribution in [1.82, 2.24) is 10.5 Å². The Balaban J connectivity index is 1.80. The van der Waals surface area contributed by atoms with E-state index >= 15 is 0 Å². The van der Waals surface area contributed by atoms with Crippen molar-refractivity contribution in [3.8, 4) is 11.3 Å². The van der Waals surface area contributed by atoms with Crippen molar-refractivity contribution < 1.29 is 14.4 Å². The Kier molecular flexibility index (Phi) is 5.22. The molecule has 0 saturated heterocycles. The van der Waals surface area contributed by atoms with E-state index in [4.69, 9.17) is 16.1 Å². The Morgan fingerprint density at radius 3 is 2.80 bits per heavy atom. The van der Waals surface area contributed by atoms with Gasteiger partial charge in [-0.2, -0.15) is 0 Å². The number of aliphatic hydroxyl groups excluding tert-OH is 1. The number of aromatic nitrogens is 1. The highest BCUT2D eigenvalue weighted by atomic mass is 35.5. The molecule has 2 aromatic heterocycles. The number of aryl methyl sites for hydroxylation is 2. The lowest BCUT2D eigenvalue weighted by Crippen LogP contribution is -2.29. The molecule has 0 fully saturated rings. The molecule has 0 bridgehead atoms. The van der Waals surface area contributed by atoms with Gasteiger partial charge in [-0.3, -0.25) is 4.79 Å². The number of nitrogens with zero attached hydrogens (tertiary/aromatic N) is 1.